The number of amides is 1. The fourth-order valence-electron chi connectivity index (χ4n) is 2.88. The molecule has 0 N–H and O–H groups in total. The van der Waals surface area contributed by atoms with Gasteiger partial charge in [0.15, 0.2) is 6.61 Å². The number of fused-ring (bicyclic) bond motifs is 1. The number of benzene rings is 2. The van der Waals surface area contributed by atoms with Crippen molar-refractivity contribution in [2.75, 3.05) is 20.8 Å². The summed E-state index contributed by atoms with van der Waals surface area (Å²) in [5.41, 5.74) is 0.0403. The summed E-state index contributed by atoms with van der Waals surface area (Å²) in [4.78, 5) is 25.8. The molecule has 1 aliphatic rings. The summed E-state index contributed by atoms with van der Waals surface area (Å²) in [5.74, 6) is -0.0438. The van der Waals surface area contributed by atoms with Gasteiger partial charge >= 0.3 is 5.97 Å². The second kappa shape index (κ2) is 7.21. The summed E-state index contributed by atoms with van der Waals surface area (Å²) in [6.07, 6.45) is 0.327. The first-order chi connectivity index (χ1) is 12.7. The lowest BCUT2D eigenvalue weighted by Crippen LogP contribution is -2.32. The van der Waals surface area contributed by atoms with E-state index in [9.17, 15) is 9.59 Å². The number of esters is 1. The van der Waals surface area contributed by atoms with Gasteiger partial charge in [0.2, 0.25) is 0 Å². The van der Waals surface area contributed by atoms with E-state index in [2.05, 4.69) is 0 Å². The van der Waals surface area contributed by atoms with Crippen LogP contribution in [0.3, 0.4) is 0 Å². The van der Waals surface area contributed by atoms with Crippen LogP contribution in [0.15, 0.2) is 36.4 Å². The third-order valence-electron chi connectivity index (χ3n) is 4.99. The van der Waals surface area contributed by atoms with Crippen LogP contribution in [0, 0.1) is 5.41 Å². The van der Waals surface area contributed by atoms with Crippen LogP contribution < -0.4 is 4.74 Å². The fraction of sp³-hybridized carbons (Fsp3) is 0.400. The van der Waals surface area contributed by atoms with Crippen molar-refractivity contribution >= 4 is 45.9 Å². The topological polar surface area (TPSA) is 55.8 Å². The van der Waals surface area contributed by atoms with Crippen molar-refractivity contribution in [1.29, 1.82) is 0 Å². The number of alkyl halides is 2. The molecule has 144 valence electrons. The summed E-state index contributed by atoms with van der Waals surface area (Å²) < 4.78 is 9.23. The molecule has 0 aromatic heterocycles. The Morgan fingerprint density at radius 2 is 1.78 bits per heavy atom. The fourth-order valence-corrected chi connectivity index (χ4v) is 3.57. The standard InChI is InChI=1S/C20H21Cl2NO4/c1-19(12-20(19,21)22)18(25)27-11-17(24)23(2)10-13-4-5-15-9-16(26-3)7-6-14(15)8-13/h4-9H,10-12H2,1-3H3/t19-/m0/s1. The minimum atomic E-state index is -1.10. The minimum absolute atomic E-state index is 0.294. The van der Waals surface area contributed by atoms with Gasteiger partial charge in [-0.2, -0.15) is 0 Å². The second-order valence-corrected chi connectivity index (χ2v) is 8.57. The molecule has 7 heteroatoms. The Balaban J connectivity index is 1.58. The lowest BCUT2D eigenvalue weighted by Gasteiger charge is -2.18. The Kier molecular flexibility index (Phi) is 5.28. The maximum atomic E-state index is 12.3. The van der Waals surface area contributed by atoms with E-state index in [1.807, 2.05) is 36.4 Å². The predicted octanol–water partition coefficient (Wildman–Crippen LogP) is 3.93. The molecule has 0 aliphatic heterocycles. The van der Waals surface area contributed by atoms with Crippen molar-refractivity contribution < 1.29 is 19.1 Å². The predicted molar refractivity (Wildman–Crippen MR) is 105 cm³/mol. The van der Waals surface area contributed by atoms with Crippen molar-refractivity contribution in [2.45, 2.75) is 24.2 Å². The van der Waals surface area contributed by atoms with E-state index in [1.165, 1.54) is 4.90 Å². The van der Waals surface area contributed by atoms with Gasteiger partial charge in [-0.05, 0) is 41.5 Å². The highest BCUT2D eigenvalue weighted by atomic mass is 35.5. The molecule has 5 nitrogen and oxygen atoms in total. The van der Waals surface area contributed by atoms with E-state index < -0.39 is 15.7 Å². The smallest absolute Gasteiger partial charge is 0.315 e. The van der Waals surface area contributed by atoms with E-state index in [1.54, 1.807) is 21.1 Å². The Bertz CT molecular complexity index is 899. The van der Waals surface area contributed by atoms with Gasteiger partial charge in [-0.25, -0.2) is 0 Å². The third-order valence-corrected chi connectivity index (χ3v) is 6.09. The van der Waals surface area contributed by atoms with E-state index in [0.29, 0.717) is 13.0 Å². The molecule has 2 aromatic carbocycles. The minimum Gasteiger partial charge on any atom is -0.497 e. The number of likely N-dealkylation sites (N-methyl/N-ethyl adjacent to an activating group) is 1. The van der Waals surface area contributed by atoms with Gasteiger partial charge in [0.1, 0.15) is 15.5 Å². The van der Waals surface area contributed by atoms with Crippen molar-refractivity contribution in [3.63, 3.8) is 0 Å². The average molecular weight is 410 g/mol. The van der Waals surface area contributed by atoms with Crippen molar-refractivity contribution in [1.82, 2.24) is 4.90 Å². The van der Waals surface area contributed by atoms with Crippen molar-refractivity contribution in [3.8, 4) is 5.75 Å². The van der Waals surface area contributed by atoms with Crippen molar-refractivity contribution in [3.05, 3.63) is 42.0 Å². The largest absolute Gasteiger partial charge is 0.497 e. The Labute approximate surface area is 168 Å². The molecule has 27 heavy (non-hydrogen) atoms. The zero-order valence-corrected chi connectivity index (χ0v) is 16.9. The molecule has 0 unspecified atom stereocenters. The quantitative estimate of drug-likeness (QED) is 0.535. The molecular formula is C20H21Cl2NO4. The Morgan fingerprint density at radius 3 is 2.41 bits per heavy atom. The normalized spacial score (nSPS) is 20.2. The number of rotatable bonds is 6. The molecule has 0 radical (unpaired) electrons. The van der Waals surface area contributed by atoms with Gasteiger partial charge in [0, 0.05) is 20.0 Å². The van der Waals surface area contributed by atoms with Crippen LogP contribution in [0.2, 0.25) is 0 Å². The van der Waals surface area contributed by atoms with Crippen LogP contribution in [0.1, 0.15) is 18.9 Å². The van der Waals surface area contributed by atoms with Crippen LogP contribution >= 0.6 is 23.2 Å². The third kappa shape index (κ3) is 3.99. The van der Waals surface area contributed by atoms with Gasteiger partial charge < -0.3 is 14.4 Å². The lowest BCUT2D eigenvalue weighted by molar-refractivity contribution is -0.156. The average Bonchev–Trinajstić information content (AvgIpc) is 3.17. The van der Waals surface area contributed by atoms with Gasteiger partial charge in [-0.15, -0.1) is 23.2 Å². The molecule has 0 heterocycles. The number of carbonyl (C=O) groups excluding carboxylic acids is 2. The summed E-state index contributed by atoms with van der Waals surface area (Å²) >= 11 is 11.9. The molecule has 2 aromatic rings. The highest BCUT2D eigenvalue weighted by molar-refractivity contribution is 6.53. The maximum Gasteiger partial charge on any atom is 0.315 e. The van der Waals surface area contributed by atoms with Crippen LogP contribution in [0.5, 0.6) is 5.75 Å². The maximum absolute atomic E-state index is 12.3. The first-order valence-corrected chi connectivity index (χ1v) is 9.27. The highest BCUT2D eigenvalue weighted by Gasteiger charge is 2.69. The van der Waals surface area contributed by atoms with Gasteiger partial charge in [-0.3, -0.25) is 9.59 Å². The number of methoxy groups -OCH3 is 1. The molecule has 0 spiro atoms. The van der Waals surface area contributed by atoms with Crippen LogP contribution in [-0.2, 0) is 20.9 Å². The van der Waals surface area contributed by atoms with E-state index in [0.717, 1.165) is 22.1 Å². The zero-order chi connectivity index (χ0) is 19.8. The summed E-state index contributed by atoms with van der Waals surface area (Å²) in [7, 11) is 3.30. The summed E-state index contributed by atoms with van der Waals surface area (Å²) in [6.45, 7) is 1.71. The Morgan fingerprint density at radius 1 is 1.15 bits per heavy atom. The number of halogens is 2. The molecule has 0 saturated heterocycles. The lowest BCUT2D eigenvalue weighted by atomic mass is 10.1. The van der Waals surface area contributed by atoms with E-state index in [-0.39, 0.29) is 12.5 Å². The van der Waals surface area contributed by atoms with Gasteiger partial charge in [-0.1, -0.05) is 18.2 Å². The van der Waals surface area contributed by atoms with E-state index >= 15 is 0 Å². The number of carbonyl (C=O) groups is 2. The molecule has 1 aliphatic carbocycles. The van der Waals surface area contributed by atoms with E-state index in [4.69, 9.17) is 32.7 Å². The first-order valence-electron chi connectivity index (χ1n) is 8.52. The SMILES string of the molecule is COc1ccc2cc(CN(C)C(=O)COC(=O)[C@]3(C)CC3(Cl)Cl)ccc2c1. The van der Waals surface area contributed by atoms with Crippen LogP contribution in [0.25, 0.3) is 10.8 Å². The first kappa shape index (κ1) is 19.8. The van der Waals surface area contributed by atoms with Crippen LogP contribution in [-0.4, -0.2) is 41.9 Å². The molecule has 1 fully saturated rings. The van der Waals surface area contributed by atoms with Crippen molar-refractivity contribution in [2.24, 2.45) is 5.41 Å². The molecule has 0 bridgehead atoms. The molecule has 3 rings (SSSR count). The molecule has 1 saturated carbocycles. The molecule has 1 amide bonds. The van der Waals surface area contributed by atoms with Gasteiger partial charge in [0.05, 0.1) is 7.11 Å². The molecular weight excluding hydrogens is 389 g/mol. The number of nitrogens with zero attached hydrogens (tertiary/aromatic N) is 1. The number of ether oxygens (including phenoxy) is 2. The van der Waals surface area contributed by atoms with Gasteiger partial charge in [0.25, 0.3) is 5.91 Å². The zero-order valence-electron chi connectivity index (χ0n) is 15.4. The van der Waals surface area contributed by atoms with Crippen LogP contribution in [0.4, 0.5) is 0 Å². The monoisotopic (exact) mass is 409 g/mol. The summed E-state index contributed by atoms with van der Waals surface area (Å²) in [5, 5.41) is 2.12. The Hall–Kier alpha value is -1.98. The summed E-state index contributed by atoms with van der Waals surface area (Å²) in [6, 6.07) is 11.8. The highest BCUT2D eigenvalue weighted by Crippen LogP contribution is 2.64. The second-order valence-electron chi connectivity index (χ2n) is 7.09. The molecule has 1 atom stereocenters. The number of hydrogen-bond acceptors (Lipinski definition) is 4. The number of hydrogen-bond donors (Lipinski definition) is 0.